The largest absolute Gasteiger partial charge is 0.438 e. The maximum absolute atomic E-state index is 12.0. The average Bonchev–Trinajstić information content (AvgIpc) is 1.65. The number of hydrogen-bond acceptors (Lipinski definition) is 1. The topological polar surface area (TPSA) is 20.2 Å². The minimum Gasteiger partial charge on any atom is -0.438 e. The molecule has 1 atom stereocenters. The van der Waals surface area contributed by atoms with E-state index in [-0.39, 0.29) is 0 Å². The summed E-state index contributed by atoms with van der Waals surface area (Å²) in [5.74, 6) is -3.30. The minimum atomic E-state index is -3.30. The van der Waals surface area contributed by atoms with Crippen LogP contribution >= 0.6 is 0 Å². The molecule has 0 fully saturated rings. The molecule has 0 aliphatic rings. The molecule has 9 heavy (non-hydrogen) atoms. The molecule has 0 radical (unpaired) electrons. The highest BCUT2D eigenvalue weighted by Crippen LogP contribution is 2.24. The second-order valence-electron chi connectivity index (χ2n) is 1.85. The summed E-state index contributed by atoms with van der Waals surface area (Å²) in [7, 11) is -1.72. The van der Waals surface area contributed by atoms with Gasteiger partial charge in [0.25, 0.3) is 5.92 Å². The highest BCUT2D eigenvalue weighted by atomic mass is 28.2. The third kappa shape index (κ3) is 2.86. The molecule has 0 aromatic rings. The number of rotatable bonds is 3. The van der Waals surface area contributed by atoms with Crippen molar-refractivity contribution in [2.45, 2.75) is 25.1 Å². The Morgan fingerprint density at radius 3 is 2.22 bits per heavy atom. The van der Waals surface area contributed by atoms with Crippen LogP contribution in [0.25, 0.3) is 0 Å². The van der Waals surface area contributed by atoms with Crippen molar-refractivity contribution in [1.29, 1.82) is 0 Å². The Kier molecular flexibility index (Phi) is 3.20. The molecule has 0 bridgehead atoms. The van der Waals surface area contributed by atoms with E-state index in [0.29, 0.717) is 0 Å². The summed E-state index contributed by atoms with van der Waals surface area (Å²) in [6.07, 6.45) is -2.14. The molecule has 0 aliphatic heterocycles. The quantitative estimate of drug-likeness (QED) is 0.592. The number of alkyl halides is 3. The van der Waals surface area contributed by atoms with Gasteiger partial charge in [0.15, 0.2) is 15.9 Å². The predicted molar refractivity (Wildman–Crippen MR) is 31.1 cm³/mol. The van der Waals surface area contributed by atoms with Crippen LogP contribution in [0.2, 0.25) is 6.04 Å². The molecule has 1 unspecified atom stereocenters. The Balaban J connectivity index is 3.70. The maximum Gasteiger partial charge on any atom is 0.277 e. The van der Waals surface area contributed by atoms with Crippen LogP contribution in [0.4, 0.5) is 13.2 Å². The predicted octanol–water partition coefficient (Wildman–Crippen LogP) is 0.474. The van der Waals surface area contributed by atoms with Crippen LogP contribution in [0.1, 0.15) is 6.92 Å². The van der Waals surface area contributed by atoms with Crippen LogP contribution in [0.5, 0.6) is 0 Å². The molecule has 0 spiro atoms. The first-order valence-corrected chi connectivity index (χ1v) is 4.26. The van der Waals surface area contributed by atoms with Crippen LogP contribution in [0.3, 0.4) is 0 Å². The van der Waals surface area contributed by atoms with Crippen molar-refractivity contribution in [3.8, 4) is 0 Å². The maximum atomic E-state index is 12.0. The summed E-state index contributed by atoms with van der Waals surface area (Å²) in [4.78, 5) is 8.14. The second-order valence-corrected chi connectivity index (χ2v) is 2.80. The lowest BCUT2D eigenvalue weighted by molar-refractivity contribution is -0.0480. The van der Waals surface area contributed by atoms with Gasteiger partial charge >= 0.3 is 0 Å². The molecule has 0 heterocycles. The first kappa shape index (κ1) is 8.97. The lowest BCUT2D eigenvalue weighted by atomic mass is 10.3. The van der Waals surface area contributed by atoms with Gasteiger partial charge in [0.05, 0.1) is 0 Å². The van der Waals surface area contributed by atoms with E-state index in [2.05, 4.69) is 0 Å². The molecule has 1 N–H and O–H groups in total. The molecule has 0 aromatic carbocycles. The second kappa shape index (κ2) is 3.22. The van der Waals surface area contributed by atoms with Gasteiger partial charge in [-0.1, -0.05) is 0 Å². The molecule has 0 aliphatic carbocycles. The van der Waals surface area contributed by atoms with E-state index in [1.165, 1.54) is 0 Å². The molecule has 5 heteroatoms. The van der Waals surface area contributed by atoms with Gasteiger partial charge < -0.3 is 4.80 Å². The Morgan fingerprint density at radius 1 is 1.67 bits per heavy atom. The molecular weight excluding hydrogens is 149 g/mol. The summed E-state index contributed by atoms with van der Waals surface area (Å²) in [5.41, 5.74) is 0. The van der Waals surface area contributed by atoms with Crippen LogP contribution in [0.15, 0.2) is 0 Å². The van der Waals surface area contributed by atoms with Gasteiger partial charge in [-0.05, 0) is 6.92 Å². The van der Waals surface area contributed by atoms with Crippen LogP contribution in [0, 0.1) is 0 Å². The van der Waals surface area contributed by atoms with Crippen molar-refractivity contribution in [1.82, 2.24) is 0 Å². The summed E-state index contributed by atoms with van der Waals surface area (Å²) < 4.78 is 35.9. The smallest absolute Gasteiger partial charge is 0.277 e. The van der Waals surface area contributed by atoms with Gasteiger partial charge in [0.2, 0.25) is 0 Å². The third-order valence-corrected chi connectivity index (χ3v) is 1.92. The lowest BCUT2D eigenvalue weighted by Crippen LogP contribution is -2.28. The van der Waals surface area contributed by atoms with Crippen molar-refractivity contribution in [2.75, 3.05) is 0 Å². The van der Waals surface area contributed by atoms with E-state index in [1.54, 1.807) is 0 Å². The summed E-state index contributed by atoms with van der Waals surface area (Å²) in [6.45, 7) is 0.796. The zero-order valence-electron chi connectivity index (χ0n) is 5.07. The molecule has 0 rings (SSSR count). The van der Waals surface area contributed by atoms with E-state index in [1.807, 2.05) is 0 Å². The van der Waals surface area contributed by atoms with Crippen molar-refractivity contribution in [2.24, 2.45) is 0 Å². The SMILES string of the molecule is CC(F)C(F)(F)C[SiH2]O. The highest BCUT2D eigenvalue weighted by Gasteiger charge is 2.35. The van der Waals surface area contributed by atoms with Gasteiger partial charge in [0.1, 0.15) is 0 Å². The summed E-state index contributed by atoms with van der Waals surface area (Å²) in [6, 6.07) is -0.662. The molecule has 0 aromatic heterocycles. The zero-order chi connectivity index (χ0) is 7.49. The molecular formula is C4H9F3OSi. The van der Waals surface area contributed by atoms with Gasteiger partial charge in [0, 0.05) is 6.04 Å². The summed E-state index contributed by atoms with van der Waals surface area (Å²) in [5, 5.41) is 0. The molecule has 0 saturated heterocycles. The van der Waals surface area contributed by atoms with E-state index in [0.717, 1.165) is 6.92 Å². The standard InChI is InChI=1S/C4H9F3OSi/c1-3(5)4(6,7)2-9-8/h3,8H,2,9H2,1H3. The Labute approximate surface area is 53.8 Å². The minimum absolute atomic E-state index is 0.662. The van der Waals surface area contributed by atoms with Crippen LogP contribution in [-0.2, 0) is 0 Å². The van der Waals surface area contributed by atoms with E-state index in [4.69, 9.17) is 4.80 Å². The monoisotopic (exact) mass is 158 g/mol. The summed E-state index contributed by atoms with van der Waals surface area (Å²) >= 11 is 0. The van der Waals surface area contributed by atoms with Gasteiger partial charge in [-0.25, -0.2) is 13.2 Å². The number of halogens is 3. The van der Waals surface area contributed by atoms with Crippen LogP contribution in [-0.4, -0.2) is 26.7 Å². The molecule has 0 saturated carbocycles. The molecule has 0 amide bonds. The third-order valence-electron chi connectivity index (χ3n) is 1.03. The van der Waals surface area contributed by atoms with E-state index < -0.39 is 27.9 Å². The van der Waals surface area contributed by atoms with Crippen molar-refractivity contribution >= 4 is 9.76 Å². The fourth-order valence-electron chi connectivity index (χ4n) is 0.348. The Hall–Kier alpha value is -0.0331. The van der Waals surface area contributed by atoms with Crippen molar-refractivity contribution in [3.05, 3.63) is 0 Å². The molecule has 1 nitrogen and oxygen atoms in total. The number of hydrogen-bond donors (Lipinski definition) is 1. The molecule has 56 valence electrons. The van der Waals surface area contributed by atoms with Crippen molar-refractivity contribution < 1.29 is 18.0 Å². The van der Waals surface area contributed by atoms with E-state index in [9.17, 15) is 13.2 Å². The highest BCUT2D eigenvalue weighted by molar-refractivity contribution is 6.25. The van der Waals surface area contributed by atoms with E-state index >= 15 is 0 Å². The van der Waals surface area contributed by atoms with Crippen molar-refractivity contribution in [3.63, 3.8) is 0 Å². The van der Waals surface area contributed by atoms with Gasteiger partial charge in [-0.3, -0.25) is 0 Å². The first-order valence-electron chi connectivity index (χ1n) is 2.63. The van der Waals surface area contributed by atoms with Gasteiger partial charge in [-0.2, -0.15) is 0 Å². The Bertz CT molecular complexity index is 85.9. The first-order chi connectivity index (χ1) is 4.00. The normalized spacial score (nSPS) is 17.0. The van der Waals surface area contributed by atoms with Crippen LogP contribution < -0.4 is 0 Å². The zero-order valence-corrected chi connectivity index (χ0v) is 6.49. The fraction of sp³-hybridized carbons (Fsp3) is 1.00. The Morgan fingerprint density at radius 2 is 2.11 bits per heavy atom. The fourth-order valence-corrected chi connectivity index (χ4v) is 1.04. The van der Waals surface area contributed by atoms with Gasteiger partial charge in [-0.15, -0.1) is 0 Å². The lowest BCUT2D eigenvalue weighted by Gasteiger charge is -2.14. The average molecular weight is 158 g/mol.